The molecule has 0 bridgehead atoms. The molecule has 7 nitrogen and oxygen atoms in total. The molecule has 7 heteroatoms. The van der Waals surface area contributed by atoms with Crippen molar-refractivity contribution < 1.29 is 0 Å². The summed E-state index contributed by atoms with van der Waals surface area (Å²) in [4.78, 5) is 14.7. The van der Waals surface area contributed by atoms with Gasteiger partial charge in [0.15, 0.2) is 5.82 Å². The summed E-state index contributed by atoms with van der Waals surface area (Å²) in [5, 5.41) is 9.65. The minimum absolute atomic E-state index is 0.622. The van der Waals surface area contributed by atoms with Crippen LogP contribution in [0.2, 0.25) is 0 Å². The first-order chi connectivity index (χ1) is 17.3. The second kappa shape index (κ2) is 9.25. The maximum Gasteiger partial charge on any atom is 0.156 e. The first kappa shape index (κ1) is 21.4. The third-order valence-corrected chi connectivity index (χ3v) is 6.83. The molecule has 0 radical (unpaired) electrons. The van der Waals surface area contributed by atoms with E-state index < -0.39 is 0 Å². The first-order valence-corrected chi connectivity index (χ1v) is 12.2. The quantitative estimate of drug-likeness (QED) is 0.273. The van der Waals surface area contributed by atoms with Crippen molar-refractivity contribution in [3.05, 3.63) is 90.0 Å². The lowest BCUT2D eigenvalue weighted by molar-refractivity contribution is 0.700. The van der Waals surface area contributed by atoms with E-state index in [2.05, 4.69) is 74.7 Å². The third kappa shape index (κ3) is 4.25. The largest absolute Gasteiger partial charge is 0.362 e. The summed E-state index contributed by atoms with van der Waals surface area (Å²) < 4.78 is 2.04. The molecule has 0 amide bonds. The summed E-state index contributed by atoms with van der Waals surface area (Å²) >= 11 is 0. The van der Waals surface area contributed by atoms with Crippen molar-refractivity contribution in [2.24, 2.45) is 0 Å². The number of aromatic nitrogens is 6. The number of rotatable bonds is 7. The Morgan fingerprint density at radius 1 is 0.971 bits per heavy atom. The Kier molecular flexibility index (Phi) is 5.66. The van der Waals surface area contributed by atoms with E-state index >= 15 is 0 Å². The highest BCUT2D eigenvalue weighted by Gasteiger charge is 2.18. The second-order valence-electron chi connectivity index (χ2n) is 9.22. The van der Waals surface area contributed by atoms with Crippen LogP contribution in [0.15, 0.2) is 67.5 Å². The van der Waals surface area contributed by atoms with E-state index in [9.17, 15) is 0 Å². The molecule has 1 aliphatic rings. The fraction of sp³-hybridized carbons (Fsp3) is 0.250. The zero-order valence-electron chi connectivity index (χ0n) is 19.9. The van der Waals surface area contributed by atoms with Crippen LogP contribution in [0.5, 0.6) is 0 Å². The van der Waals surface area contributed by atoms with Crippen molar-refractivity contribution in [2.75, 3.05) is 5.32 Å². The second-order valence-corrected chi connectivity index (χ2v) is 9.22. The number of aryl methyl sites for hydroxylation is 1. The molecular weight excluding hydrogens is 434 g/mol. The van der Waals surface area contributed by atoms with Crippen LogP contribution in [0.4, 0.5) is 5.82 Å². The number of H-pyrrole nitrogens is 2. The molecule has 3 aromatic heterocycles. The summed E-state index contributed by atoms with van der Waals surface area (Å²) in [6.45, 7) is 3.46. The molecule has 0 saturated heterocycles. The van der Waals surface area contributed by atoms with Gasteiger partial charge in [-0.3, -0.25) is 4.68 Å². The molecule has 0 aliphatic heterocycles. The van der Waals surface area contributed by atoms with Crippen LogP contribution in [0.1, 0.15) is 48.2 Å². The van der Waals surface area contributed by atoms with Crippen molar-refractivity contribution in [2.45, 2.75) is 45.7 Å². The topological polar surface area (TPSA) is 87.2 Å². The Bertz CT molecular complexity index is 1470. The molecule has 2 aromatic carbocycles. The molecule has 6 rings (SSSR count). The number of benzene rings is 2. The highest BCUT2D eigenvalue weighted by molar-refractivity contribution is 6.03. The minimum atomic E-state index is 0.622. The highest BCUT2D eigenvalue weighted by atomic mass is 15.3. The van der Waals surface area contributed by atoms with E-state index in [1.165, 1.54) is 53.5 Å². The lowest BCUT2D eigenvalue weighted by Gasteiger charge is -2.16. The number of imidazole rings is 2. The highest BCUT2D eigenvalue weighted by Crippen LogP contribution is 2.37. The Hall–Kier alpha value is -4.13. The molecule has 0 unspecified atom stereocenters. The number of nitrogens with zero attached hydrogens (tertiary/aromatic N) is 4. The van der Waals surface area contributed by atoms with E-state index in [1.54, 1.807) is 12.7 Å². The van der Waals surface area contributed by atoms with Crippen molar-refractivity contribution in [1.82, 2.24) is 29.7 Å². The zero-order valence-corrected chi connectivity index (χ0v) is 19.9. The van der Waals surface area contributed by atoms with Crippen LogP contribution < -0.4 is 5.32 Å². The van der Waals surface area contributed by atoms with Crippen molar-refractivity contribution in [3.63, 3.8) is 0 Å². The van der Waals surface area contributed by atoms with Crippen LogP contribution >= 0.6 is 0 Å². The van der Waals surface area contributed by atoms with E-state index in [0.29, 0.717) is 13.1 Å². The maximum absolute atomic E-state index is 4.98. The van der Waals surface area contributed by atoms with Gasteiger partial charge in [-0.05, 0) is 66.5 Å². The summed E-state index contributed by atoms with van der Waals surface area (Å²) in [7, 11) is 0. The summed E-state index contributed by atoms with van der Waals surface area (Å²) in [5.74, 6) is 0.864. The van der Waals surface area contributed by atoms with Crippen LogP contribution in [0.3, 0.4) is 0 Å². The number of hydrogen-bond acceptors (Lipinski definition) is 4. The molecule has 1 aliphatic carbocycles. The van der Waals surface area contributed by atoms with Gasteiger partial charge < -0.3 is 15.3 Å². The lowest BCUT2D eigenvalue weighted by atomic mass is 9.90. The van der Waals surface area contributed by atoms with E-state index in [4.69, 9.17) is 5.10 Å². The molecule has 35 heavy (non-hydrogen) atoms. The SMILES string of the molecule is Cc1cc(C2=CCCCC2)ccc1-c1cccc2c1c(NCc1cnc[nH]1)nn2Cc1cnc[nH]1. The molecule has 5 aromatic rings. The smallest absolute Gasteiger partial charge is 0.156 e. The average molecular weight is 464 g/mol. The van der Waals surface area contributed by atoms with Crippen LogP contribution in [-0.2, 0) is 13.1 Å². The Labute approximate surface area is 204 Å². The van der Waals surface area contributed by atoms with Gasteiger partial charge in [-0.1, -0.05) is 36.4 Å². The van der Waals surface area contributed by atoms with E-state index in [-0.39, 0.29) is 0 Å². The average Bonchev–Trinajstić information content (AvgIpc) is 3.66. The van der Waals surface area contributed by atoms with E-state index in [1.807, 2.05) is 17.1 Å². The molecule has 0 spiro atoms. The molecule has 0 fully saturated rings. The summed E-state index contributed by atoms with van der Waals surface area (Å²) in [6.07, 6.45) is 14.5. The van der Waals surface area contributed by atoms with Crippen molar-refractivity contribution in [1.29, 1.82) is 0 Å². The van der Waals surface area contributed by atoms with Crippen molar-refractivity contribution >= 4 is 22.3 Å². The van der Waals surface area contributed by atoms with Gasteiger partial charge in [0.2, 0.25) is 0 Å². The lowest BCUT2D eigenvalue weighted by Crippen LogP contribution is -2.04. The number of fused-ring (bicyclic) bond motifs is 1. The number of hydrogen-bond donors (Lipinski definition) is 3. The normalized spacial score (nSPS) is 13.8. The molecule has 3 heterocycles. The zero-order chi connectivity index (χ0) is 23.6. The van der Waals surface area contributed by atoms with Gasteiger partial charge in [0, 0.05) is 12.4 Å². The third-order valence-electron chi connectivity index (χ3n) is 6.83. The predicted molar refractivity (Wildman–Crippen MR) is 140 cm³/mol. The van der Waals surface area contributed by atoms with Crippen LogP contribution in [0.25, 0.3) is 27.6 Å². The van der Waals surface area contributed by atoms with Crippen LogP contribution in [0, 0.1) is 6.92 Å². The Morgan fingerprint density at radius 3 is 2.57 bits per heavy atom. The molecule has 0 atom stereocenters. The monoisotopic (exact) mass is 463 g/mol. The van der Waals surface area contributed by atoms with Gasteiger partial charge in [-0.15, -0.1) is 0 Å². The maximum atomic E-state index is 4.98. The fourth-order valence-corrected chi connectivity index (χ4v) is 5.06. The molecular formula is C28H29N7. The van der Waals surface area contributed by atoms with Gasteiger partial charge in [0.05, 0.1) is 48.0 Å². The summed E-state index contributed by atoms with van der Waals surface area (Å²) in [5.41, 5.74) is 9.66. The van der Waals surface area contributed by atoms with E-state index in [0.717, 1.165) is 28.1 Å². The predicted octanol–water partition coefficient (Wildman–Crippen LogP) is 6.08. The van der Waals surface area contributed by atoms with Gasteiger partial charge >= 0.3 is 0 Å². The Morgan fingerprint density at radius 2 is 1.83 bits per heavy atom. The fourth-order valence-electron chi connectivity index (χ4n) is 5.06. The minimum Gasteiger partial charge on any atom is -0.362 e. The van der Waals surface area contributed by atoms with Gasteiger partial charge in [0.1, 0.15) is 0 Å². The number of aromatic amines is 2. The molecule has 3 N–H and O–H groups in total. The molecule has 176 valence electrons. The van der Waals surface area contributed by atoms with Gasteiger partial charge in [0.25, 0.3) is 0 Å². The summed E-state index contributed by atoms with van der Waals surface area (Å²) in [6, 6.07) is 13.4. The molecule has 0 saturated carbocycles. The number of allylic oxidation sites excluding steroid dienone is 2. The van der Waals surface area contributed by atoms with Crippen LogP contribution in [-0.4, -0.2) is 29.7 Å². The van der Waals surface area contributed by atoms with Gasteiger partial charge in [-0.2, -0.15) is 5.10 Å². The van der Waals surface area contributed by atoms with Crippen molar-refractivity contribution in [3.8, 4) is 11.1 Å². The standard InChI is InChI=1S/C28H29N7/c1-19-12-21(20-6-3-2-4-7-20)10-11-24(19)25-8-5-9-26-27(25)28(31-15-22-13-29-17-32-22)34-35(26)16-23-14-30-18-33-23/h5-6,8-14,17-18H,2-4,7,15-16H2,1H3,(H,29,32)(H,30,33)(H,31,34). The number of anilines is 1. The Balaban J connectivity index is 1.44. The van der Waals surface area contributed by atoms with Gasteiger partial charge in [-0.25, -0.2) is 9.97 Å². The first-order valence-electron chi connectivity index (χ1n) is 12.2. The number of nitrogens with one attached hydrogen (secondary N) is 3.